The number of aromatic nitrogens is 2. The van der Waals surface area contributed by atoms with Gasteiger partial charge in [0, 0.05) is 18.2 Å². The Balaban J connectivity index is 1.90. The van der Waals surface area contributed by atoms with Crippen LogP contribution in [0.2, 0.25) is 0 Å². The lowest BCUT2D eigenvalue weighted by Crippen LogP contribution is -2.03. The molecule has 0 spiro atoms. The van der Waals surface area contributed by atoms with Gasteiger partial charge in [-0.1, -0.05) is 0 Å². The molecule has 0 aliphatic heterocycles. The number of benzene rings is 2. The molecule has 1 heterocycles. The molecule has 26 heavy (non-hydrogen) atoms. The highest BCUT2D eigenvalue weighted by molar-refractivity contribution is 5.94. The maximum Gasteiger partial charge on any atom is 0.354 e. The number of hydrogen-bond donors (Lipinski definition) is 2. The second-order valence-electron chi connectivity index (χ2n) is 5.49. The summed E-state index contributed by atoms with van der Waals surface area (Å²) in [6, 6.07) is 12.6. The fourth-order valence-corrected chi connectivity index (χ4v) is 2.43. The van der Waals surface area contributed by atoms with Crippen molar-refractivity contribution in [2.75, 3.05) is 20.3 Å². The first-order chi connectivity index (χ1) is 12.6. The number of rotatable bonds is 7. The zero-order chi connectivity index (χ0) is 18.5. The zero-order valence-electron chi connectivity index (χ0n) is 14.0. The minimum atomic E-state index is -1.14. The number of carboxylic acid groups (broad SMARTS) is 1. The monoisotopic (exact) mass is 356 g/mol. The molecule has 0 atom stereocenters. The number of nitrogens with zero attached hydrogens (tertiary/aromatic N) is 1. The van der Waals surface area contributed by atoms with Crippen LogP contribution in [0.5, 0.6) is 5.75 Å². The Morgan fingerprint density at radius 2 is 1.73 bits per heavy atom. The van der Waals surface area contributed by atoms with Crippen LogP contribution in [0.15, 0.2) is 48.5 Å². The number of H-pyrrole nitrogens is 1. The minimum absolute atomic E-state index is 0.0490. The van der Waals surface area contributed by atoms with Gasteiger partial charge in [0.1, 0.15) is 29.7 Å². The second kappa shape index (κ2) is 7.79. The third-order valence-corrected chi connectivity index (χ3v) is 3.72. The molecule has 0 aliphatic carbocycles. The Kier molecular flexibility index (Phi) is 5.28. The third kappa shape index (κ3) is 3.89. The lowest BCUT2D eigenvalue weighted by molar-refractivity contribution is 0.0692. The Morgan fingerprint density at radius 1 is 1.08 bits per heavy atom. The summed E-state index contributed by atoms with van der Waals surface area (Å²) in [7, 11) is 1.60. The number of nitrogens with one attached hydrogen (secondary N) is 1. The van der Waals surface area contributed by atoms with Crippen LogP contribution >= 0.6 is 0 Å². The molecule has 0 radical (unpaired) electrons. The number of halogens is 1. The molecule has 0 saturated carbocycles. The molecule has 0 fully saturated rings. The van der Waals surface area contributed by atoms with E-state index in [-0.39, 0.29) is 11.4 Å². The first-order valence-electron chi connectivity index (χ1n) is 7.90. The molecule has 134 valence electrons. The average molecular weight is 356 g/mol. The summed E-state index contributed by atoms with van der Waals surface area (Å²) in [6.07, 6.45) is 0. The fourth-order valence-electron chi connectivity index (χ4n) is 2.43. The quantitative estimate of drug-likeness (QED) is 0.632. The molecule has 0 unspecified atom stereocenters. The highest BCUT2D eigenvalue weighted by Crippen LogP contribution is 2.27. The molecule has 2 N–H and O–H groups in total. The summed E-state index contributed by atoms with van der Waals surface area (Å²) in [5, 5.41) is 9.43. The SMILES string of the molecule is COCCOc1ccc(-c2nc(-c3ccc(F)cc3)c(C(=O)O)[nH]2)cc1. The Labute approximate surface area is 149 Å². The second-order valence-corrected chi connectivity index (χ2v) is 5.49. The Morgan fingerprint density at radius 3 is 2.35 bits per heavy atom. The maximum absolute atomic E-state index is 13.1. The van der Waals surface area contributed by atoms with E-state index in [4.69, 9.17) is 9.47 Å². The molecule has 0 bridgehead atoms. The van der Waals surface area contributed by atoms with Crippen molar-refractivity contribution in [1.82, 2.24) is 9.97 Å². The van der Waals surface area contributed by atoms with Gasteiger partial charge in [0.25, 0.3) is 0 Å². The number of carbonyl (C=O) groups is 1. The van der Waals surface area contributed by atoms with E-state index in [1.807, 2.05) is 0 Å². The van der Waals surface area contributed by atoms with Gasteiger partial charge in [0.15, 0.2) is 5.69 Å². The largest absolute Gasteiger partial charge is 0.491 e. The highest BCUT2D eigenvalue weighted by Gasteiger charge is 2.18. The zero-order valence-corrected chi connectivity index (χ0v) is 14.0. The maximum atomic E-state index is 13.1. The summed E-state index contributed by atoms with van der Waals surface area (Å²) < 4.78 is 23.5. The lowest BCUT2D eigenvalue weighted by Gasteiger charge is -2.05. The van der Waals surface area contributed by atoms with Gasteiger partial charge in [-0.25, -0.2) is 14.2 Å². The predicted octanol–water partition coefficient (Wildman–Crippen LogP) is 3.61. The van der Waals surface area contributed by atoms with E-state index in [0.29, 0.717) is 35.9 Å². The van der Waals surface area contributed by atoms with Crippen LogP contribution in [-0.2, 0) is 4.74 Å². The van der Waals surface area contributed by atoms with E-state index < -0.39 is 11.8 Å². The van der Waals surface area contributed by atoms with Crippen molar-refractivity contribution in [3.8, 4) is 28.4 Å². The molecule has 3 aromatic rings. The number of ether oxygens (including phenoxy) is 2. The fraction of sp³-hybridized carbons (Fsp3) is 0.158. The summed E-state index contributed by atoms with van der Waals surface area (Å²) in [5.74, 6) is -0.451. The normalized spacial score (nSPS) is 10.7. The number of methoxy groups -OCH3 is 1. The smallest absolute Gasteiger partial charge is 0.354 e. The minimum Gasteiger partial charge on any atom is -0.491 e. The van der Waals surface area contributed by atoms with Crippen molar-refractivity contribution in [2.45, 2.75) is 0 Å². The molecule has 0 aliphatic rings. The summed E-state index contributed by atoms with van der Waals surface area (Å²) >= 11 is 0. The van der Waals surface area contributed by atoms with E-state index >= 15 is 0 Å². The van der Waals surface area contributed by atoms with E-state index in [2.05, 4.69) is 9.97 Å². The van der Waals surface area contributed by atoms with Gasteiger partial charge in [0.05, 0.1) is 6.61 Å². The van der Waals surface area contributed by atoms with Crippen LogP contribution in [-0.4, -0.2) is 41.4 Å². The molecule has 6 nitrogen and oxygen atoms in total. The van der Waals surface area contributed by atoms with E-state index in [0.717, 1.165) is 0 Å². The van der Waals surface area contributed by atoms with Crippen molar-refractivity contribution in [1.29, 1.82) is 0 Å². The predicted molar refractivity (Wildman–Crippen MR) is 93.7 cm³/mol. The topological polar surface area (TPSA) is 84.4 Å². The Hall–Kier alpha value is -3.19. The molecule has 0 amide bonds. The van der Waals surface area contributed by atoms with Gasteiger partial charge >= 0.3 is 5.97 Å². The van der Waals surface area contributed by atoms with Crippen molar-refractivity contribution in [3.05, 3.63) is 60.0 Å². The lowest BCUT2D eigenvalue weighted by atomic mass is 10.1. The molecule has 0 saturated heterocycles. The average Bonchev–Trinajstić information content (AvgIpc) is 3.09. The van der Waals surface area contributed by atoms with E-state index in [9.17, 15) is 14.3 Å². The van der Waals surface area contributed by atoms with Crippen LogP contribution in [0, 0.1) is 5.82 Å². The molecular formula is C19H17FN2O4. The van der Waals surface area contributed by atoms with E-state index in [1.54, 1.807) is 31.4 Å². The van der Waals surface area contributed by atoms with Gasteiger partial charge in [-0.15, -0.1) is 0 Å². The molecule has 2 aromatic carbocycles. The summed E-state index contributed by atoms with van der Waals surface area (Å²) in [5.41, 5.74) is 1.44. The van der Waals surface area contributed by atoms with Gasteiger partial charge < -0.3 is 19.6 Å². The highest BCUT2D eigenvalue weighted by atomic mass is 19.1. The van der Waals surface area contributed by atoms with Gasteiger partial charge in [-0.05, 0) is 48.5 Å². The van der Waals surface area contributed by atoms with Gasteiger partial charge in [0.2, 0.25) is 0 Å². The summed E-state index contributed by atoms with van der Waals surface area (Å²) in [6.45, 7) is 0.928. The summed E-state index contributed by atoms with van der Waals surface area (Å²) in [4.78, 5) is 18.7. The van der Waals surface area contributed by atoms with Crippen molar-refractivity contribution in [2.24, 2.45) is 0 Å². The van der Waals surface area contributed by atoms with Crippen LogP contribution in [0.3, 0.4) is 0 Å². The van der Waals surface area contributed by atoms with Crippen LogP contribution in [0.25, 0.3) is 22.6 Å². The third-order valence-electron chi connectivity index (χ3n) is 3.72. The molecule has 3 rings (SSSR count). The number of carboxylic acids is 1. The molecule has 7 heteroatoms. The number of aromatic amines is 1. The first-order valence-corrected chi connectivity index (χ1v) is 7.90. The van der Waals surface area contributed by atoms with Crippen LogP contribution in [0.4, 0.5) is 4.39 Å². The van der Waals surface area contributed by atoms with Crippen molar-refractivity contribution in [3.63, 3.8) is 0 Å². The van der Waals surface area contributed by atoms with Crippen LogP contribution in [0.1, 0.15) is 10.5 Å². The number of imidazole rings is 1. The van der Waals surface area contributed by atoms with Crippen molar-refractivity contribution >= 4 is 5.97 Å². The van der Waals surface area contributed by atoms with Gasteiger partial charge in [-0.3, -0.25) is 0 Å². The standard InChI is InChI=1S/C19H17FN2O4/c1-25-10-11-26-15-8-4-13(5-9-15)18-21-16(17(22-18)19(23)24)12-2-6-14(20)7-3-12/h2-9H,10-11H2,1H3,(H,21,22)(H,23,24). The molecular weight excluding hydrogens is 339 g/mol. The number of aromatic carboxylic acids is 1. The first kappa shape index (κ1) is 17.6. The number of hydrogen-bond acceptors (Lipinski definition) is 4. The van der Waals surface area contributed by atoms with Crippen LogP contribution < -0.4 is 4.74 Å². The molecule has 1 aromatic heterocycles. The van der Waals surface area contributed by atoms with Gasteiger partial charge in [-0.2, -0.15) is 0 Å². The van der Waals surface area contributed by atoms with E-state index in [1.165, 1.54) is 24.3 Å². The van der Waals surface area contributed by atoms with Crippen molar-refractivity contribution < 1.29 is 23.8 Å². The Bertz CT molecular complexity index is 889.